The first-order chi connectivity index (χ1) is 16.8. The van der Waals surface area contributed by atoms with Crippen molar-refractivity contribution in [1.82, 2.24) is 4.57 Å². The number of aromatic nitrogens is 1. The van der Waals surface area contributed by atoms with E-state index >= 15 is 0 Å². The smallest absolute Gasteiger partial charge is 0.300 e. The monoisotopic (exact) mass is 466 g/mol. The average Bonchev–Trinajstić information content (AvgIpc) is 3.33. The number of anilines is 1. The average molecular weight is 467 g/mol. The van der Waals surface area contributed by atoms with Crippen LogP contribution in [0.2, 0.25) is 0 Å². The first-order valence-electron chi connectivity index (χ1n) is 11.4. The van der Waals surface area contributed by atoms with Crippen LogP contribution in [-0.2, 0) is 16.6 Å². The summed E-state index contributed by atoms with van der Waals surface area (Å²) in [4.78, 5) is 28.5. The first-order valence-corrected chi connectivity index (χ1v) is 11.4. The number of methoxy groups -OCH3 is 1. The van der Waals surface area contributed by atoms with Crippen molar-refractivity contribution in [3.8, 4) is 5.75 Å². The van der Waals surface area contributed by atoms with Crippen LogP contribution >= 0.6 is 0 Å². The Bertz CT molecular complexity index is 1510. The Morgan fingerprint density at radius 1 is 0.971 bits per heavy atom. The number of amides is 1. The molecule has 1 atom stereocenters. The van der Waals surface area contributed by atoms with E-state index in [9.17, 15) is 14.7 Å². The quantitative estimate of drug-likeness (QED) is 0.247. The summed E-state index contributed by atoms with van der Waals surface area (Å²) < 4.78 is 7.24. The standard InChI is InChI=1S/C29H26N2O4/c1-17-9-10-18(2)22(15-17)27(32)25-26(23-16-30(3)24-8-6-5-7-21(23)24)31(29(34)28(25)33)19-11-13-20(35-4)14-12-19/h5-16,26,32H,1-4H3/b27-25+. The molecule has 6 heteroatoms. The lowest BCUT2D eigenvalue weighted by molar-refractivity contribution is -0.132. The minimum atomic E-state index is -0.797. The van der Waals surface area contributed by atoms with Crippen molar-refractivity contribution in [2.75, 3.05) is 12.0 Å². The van der Waals surface area contributed by atoms with E-state index in [1.54, 1.807) is 31.4 Å². The highest BCUT2D eigenvalue weighted by atomic mass is 16.5. The zero-order chi connectivity index (χ0) is 24.9. The predicted octanol–water partition coefficient (Wildman–Crippen LogP) is 5.43. The number of nitrogens with zero attached hydrogens (tertiary/aromatic N) is 2. The Labute approximate surface area is 203 Å². The van der Waals surface area contributed by atoms with E-state index in [2.05, 4.69) is 0 Å². The summed E-state index contributed by atoms with van der Waals surface area (Å²) in [6, 6.07) is 19.7. The number of ketones is 1. The zero-order valence-electron chi connectivity index (χ0n) is 20.1. The van der Waals surface area contributed by atoms with Crippen molar-refractivity contribution >= 4 is 34.0 Å². The van der Waals surface area contributed by atoms with Crippen LogP contribution in [-0.4, -0.2) is 28.5 Å². The van der Waals surface area contributed by atoms with Crippen LogP contribution in [0.25, 0.3) is 16.7 Å². The Balaban J connectivity index is 1.81. The molecule has 1 aromatic heterocycles. The van der Waals surface area contributed by atoms with Gasteiger partial charge < -0.3 is 14.4 Å². The molecule has 0 saturated carbocycles. The molecular formula is C29H26N2O4. The molecule has 1 aliphatic rings. The third kappa shape index (κ3) is 3.58. The number of benzene rings is 3. The molecule has 1 unspecified atom stereocenters. The van der Waals surface area contributed by atoms with E-state index in [-0.39, 0.29) is 11.3 Å². The van der Waals surface area contributed by atoms with Gasteiger partial charge in [-0.15, -0.1) is 0 Å². The molecule has 1 saturated heterocycles. The van der Waals surface area contributed by atoms with Gasteiger partial charge in [-0.05, 0) is 55.8 Å². The Morgan fingerprint density at radius 3 is 2.40 bits per heavy atom. The van der Waals surface area contributed by atoms with Gasteiger partial charge >= 0.3 is 0 Å². The fraction of sp³-hybridized carbons (Fsp3) is 0.172. The molecule has 1 aliphatic heterocycles. The molecule has 3 aromatic carbocycles. The Morgan fingerprint density at radius 2 is 1.69 bits per heavy atom. The Hall–Kier alpha value is -4.32. The van der Waals surface area contributed by atoms with Crippen LogP contribution in [0.5, 0.6) is 5.75 Å². The lowest BCUT2D eigenvalue weighted by atomic mass is 9.93. The molecule has 35 heavy (non-hydrogen) atoms. The molecule has 176 valence electrons. The van der Waals surface area contributed by atoms with Gasteiger partial charge in [0.05, 0.1) is 18.7 Å². The van der Waals surface area contributed by atoms with Crippen LogP contribution in [0.3, 0.4) is 0 Å². The van der Waals surface area contributed by atoms with E-state index in [1.165, 1.54) is 4.90 Å². The summed E-state index contributed by atoms with van der Waals surface area (Å²) in [5.74, 6) is -0.918. The number of para-hydroxylation sites is 1. The van der Waals surface area contributed by atoms with Crippen LogP contribution in [0.1, 0.15) is 28.3 Å². The summed E-state index contributed by atoms with van der Waals surface area (Å²) >= 11 is 0. The number of aliphatic hydroxyl groups is 1. The molecule has 4 aromatic rings. The molecule has 2 heterocycles. The second-order valence-corrected chi connectivity index (χ2v) is 8.90. The third-order valence-electron chi connectivity index (χ3n) is 6.67. The highest BCUT2D eigenvalue weighted by Crippen LogP contribution is 2.45. The second kappa shape index (κ2) is 8.47. The molecule has 0 bridgehead atoms. The maximum absolute atomic E-state index is 13.5. The van der Waals surface area contributed by atoms with Crippen LogP contribution < -0.4 is 9.64 Å². The van der Waals surface area contributed by atoms with E-state index in [0.717, 1.165) is 27.6 Å². The summed E-state index contributed by atoms with van der Waals surface area (Å²) in [6.45, 7) is 3.80. The molecule has 1 N–H and O–H groups in total. The third-order valence-corrected chi connectivity index (χ3v) is 6.67. The van der Waals surface area contributed by atoms with Gasteiger partial charge in [-0.3, -0.25) is 14.5 Å². The zero-order valence-corrected chi connectivity index (χ0v) is 20.1. The van der Waals surface area contributed by atoms with Crippen molar-refractivity contribution in [2.24, 2.45) is 7.05 Å². The van der Waals surface area contributed by atoms with Crippen LogP contribution in [0.4, 0.5) is 5.69 Å². The van der Waals surface area contributed by atoms with Crippen molar-refractivity contribution in [1.29, 1.82) is 0 Å². The lowest BCUT2D eigenvalue weighted by Gasteiger charge is -2.25. The minimum Gasteiger partial charge on any atom is -0.507 e. The predicted molar refractivity (Wildman–Crippen MR) is 137 cm³/mol. The minimum absolute atomic E-state index is 0.0795. The number of aliphatic hydroxyl groups excluding tert-OH is 1. The maximum Gasteiger partial charge on any atom is 0.300 e. The molecular weight excluding hydrogens is 440 g/mol. The highest BCUT2D eigenvalue weighted by Gasteiger charge is 2.48. The molecule has 0 radical (unpaired) electrons. The van der Waals surface area contributed by atoms with Gasteiger partial charge in [0.2, 0.25) is 0 Å². The van der Waals surface area contributed by atoms with Crippen molar-refractivity contribution in [2.45, 2.75) is 19.9 Å². The number of ether oxygens (including phenoxy) is 1. The highest BCUT2D eigenvalue weighted by molar-refractivity contribution is 6.52. The van der Waals surface area contributed by atoms with Gasteiger partial charge in [0, 0.05) is 41.0 Å². The van der Waals surface area contributed by atoms with Gasteiger partial charge in [0.25, 0.3) is 11.7 Å². The maximum atomic E-state index is 13.5. The van der Waals surface area contributed by atoms with Crippen LogP contribution in [0.15, 0.2) is 78.5 Å². The number of hydrogen-bond acceptors (Lipinski definition) is 4. The SMILES string of the molecule is COc1ccc(N2C(=O)C(=O)/C(=C(/O)c3cc(C)ccc3C)C2c2cn(C)c3ccccc23)cc1. The van der Waals surface area contributed by atoms with Crippen molar-refractivity contribution < 1.29 is 19.4 Å². The summed E-state index contributed by atoms with van der Waals surface area (Å²) in [5.41, 5.74) is 4.67. The van der Waals surface area contributed by atoms with E-state index in [1.807, 2.05) is 74.1 Å². The molecule has 1 fully saturated rings. The number of aryl methyl sites for hydroxylation is 3. The van der Waals surface area contributed by atoms with Gasteiger partial charge in [-0.25, -0.2) is 0 Å². The Kier molecular flexibility index (Phi) is 5.44. The second-order valence-electron chi connectivity index (χ2n) is 8.90. The molecule has 6 nitrogen and oxygen atoms in total. The number of carbonyl (C=O) groups is 2. The number of hydrogen-bond donors (Lipinski definition) is 1. The summed E-state index contributed by atoms with van der Waals surface area (Å²) in [5, 5.41) is 12.4. The fourth-order valence-electron chi connectivity index (χ4n) is 4.86. The fourth-order valence-corrected chi connectivity index (χ4v) is 4.86. The van der Waals surface area contributed by atoms with E-state index in [0.29, 0.717) is 17.0 Å². The lowest BCUT2D eigenvalue weighted by Crippen LogP contribution is -2.29. The van der Waals surface area contributed by atoms with Gasteiger partial charge in [0.1, 0.15) is 11.5 Å². The van der Waals surface area contributed by atoms with Gasteiger partial charge in [0.15, 0.2) is 0 Å². The molecule has 0 aliphatic carbocycles. The molecule has 5 rings (SSSR count). The largest absolute Gasteiger partial charge is 0.507 e. The summed E-state index contributed by atoms with van der Waals surface area (Å²) in [7, 11) is 3.50. The normalized spacial score (nSPS) is 17.4. The number of fused-ring (bicyclic) bond motifs is 1. The number of Topliss-reactive ketones (excluding diaryl/α,β-unsaturated/α-hetero) is 1. The van der Waals surface area contributed by atoms with Crippen molar-refractivity contribution in [3.05, 3.63) is 101 Å². The topological polar surface area (TPSA) is 71.8 Å². The molecule has 1 amide bonds. The van der Waals surface area contributed by atoms with E-state index in [4.69, 9.17) is 4.74 Å². The number of carbonyl (C=O) groups excluding carboxylic acids is 2. The molecule has 0 spiro atoms. The van der Waals surface area contributed by atoms with E-state index < -0.39 is 17.7 Å². The van der Waals surface area contributed by atoms with Gasteiger partial charge in [-0.1, -0.05) is 35.9 Å². The van der Waals surface area contributed by atoms with Gasteiger partial charge in [-0.2, -0.15) is 0 Å². The van der Waals surface area contributed by atoms with Crippen molar-refractivity contribution in [3.63, 3.8) is 0 Å². The summed E-state index contributed by atoms with van der Waals surface area (Å²) in [6.07, 6.45) is 1.92. The number of rotatable bonds is 4. The van der Waals surface area contributed by atoms with Crippen LogP contribution in [0, 0.1) is 13.8 Å². The first kappa shape index (κ1) is 22.5.